The molecule has 4 aromatic rings. The molecule has 244 valence electrons. The number of aliphatic hydroxyl groups is 1. The lowest BCUT2D eigenvalue weighted by Crippen LogP contribution is -2.38. The van der Waals surface area contributed by atoms with Gasteiger partial charge in [-0.15, -0.1) is 0 Å². The van der Waals surface area contributed by atoms with Gasteiger partial charge in [0.25, 0.3) is 5.56 Å². The van der Waals surface area contributed by atoms with Crippen LogP contribution in [0.25, 0.3) is 22.3 Å². The molecule has 5 fully saturated rings. The first-order valence-corrected chi connectivity index (χ1v) is 18.4. The topological polar surface area (TPSA) is 257 Å². The van der Waals surface area contributed by atoms with E-state index in [9.17, 15) is 24.3 Å². The largest absolute Gasteiger partial charge is 0.472 e. The van der Waals surface area contributed by atoms with Crippen LogP contribution in [0.15, 0.2) is 23.8 Å². The van der Waals surface area contributed by atoms with Gasteiger partial charge in [-0.1, -0.05) is 0 Å². The van der Waals surface area contributed by atoms with E-state index < -0.39 is 67.6 Å². The van der Waals surface area contributed by atoms with Crippen molar-refractivity contribution in [2.24, 2.45) is 17.3 Å². The van der Waals surface area contributed by atoms with Crippen molar-refractivity contribution >= 4 is 54.5 Å². The summed E-state index contributed by atoms with van der Waals surface area (Å²) in [6.45, 7) is -3.03. The number of aromatic nitrogens is 8. The Labute approximate surface area is 262 Å². The number of hydrogen-bond acceptors (Lipinski definition) is 15. The Morgan fingerprint density at radius 2 is 1.83 bits per heavy atom. The minimum Gasteiger partial charge on any atom is -0.388 e. The number of hydrogen-bond donors (Lipinski definition) is 5. The number of ether oxygens (including phenoxy) is 1. The monoisotopic (exact) mass is 695 g/mol. The van der Waals surface area contributed by atoms with Crippen LogP contribution in [0.1, 0.15) is 30.9 Å². The van der Waals surface area contributed by atoms with Crippen molar-refractivity contribution in [1.29, 1.82) is 0 Å². The molecule has 0 amide bonds. The van der Waals surface area contributed by atoms with Crippen LogP contribution in [0.2, 0.25) is 0 Å². The number of imidazole rings is 2. The van der Waals surface area contributed by atoms with Crippen LogP contribution in [0.4, 0.5) is 5.82 Å². The Balaban J connectivity index is 1.07. The zero-order valence-corrected chi connectivity index (χ0v) is 26.4. The number of fused-ring (bicyclic) bond motifs is 2. The minimum atomic E-state index is -4.79. The molecule has 6 heterocycles. The van der Waals surface area contributed by atoms with Gasteiger partial charge in [0, 0.05) is 11.3 Å². The number of rotatable bonds is 2. The van der Waals surface area contributed by atoms with Gasteiger partial charge < -0.3 is 44.0 Å². The number of phosphoric acid groups is 1. The lowest BCUT2D eigenvalue weighted by atomic mass is 10.0. The zero-order valence-electron chi connectivity index (χ0n) is 23.8. The first-order valence-electron chi connectivity index (χ1n) is 14.4. The van der Waals surface area contributed by atoms with E-state index in [1.165, 1.54) is 23.5 Å². The number of aliphatic hydroxyl groups excluding tert-OH is 1. The third-order valence-corrected chi connectivity index (χ3v) is 12.4. The van der Waals surface area contributed by atoms with Crippen molar-refractivity contribution in [2.75, 3.05) is 18.9 Å². The van der Waals surface area contributed by atoms with Crippen LogP contribution in [0, 0.1) is 24.2 Å². The molecule has 4 aromatic heterocycles. The van der Waals surface area contributed by atoms with Gasteiger partial charge in [-0.25, -0.2) is 29.5 Å². The Kier molecular flexibility index (Phi) is 6.04. The minimum absolute atomic E-state index is 0.0509. The van der Waals surface area contributed by atoms with E-state index >= 15 is 0 Å². The Morgan fingerprint density at radius 3 is 2.65 bits per heavy atom. The Hall–Kier alpha value is -2.74. The Morgan fingerprint density at radius 1 is 1.04 bits per heavy atom. The lowest BCUT2D eigenvalue weighted by molar-refractivity contribution is -0.0927. The van der Waals surface area contributed by atoms with E-state index in [2.05, 4.69) is 29.9 Å². The van der Waals surface area contributed by atoms with E-state index in [1.807, 2.05) is 0 Å². The normalized spacial score (nSPS) is 43.3. The highest BCUT2D eigenvalue weighted by molar-refractivity contribution is 8.07. The van der Waals surface area contributed by atoms with Gasteiger partial charge in [0.05, 0.1) is 31.9 Å². The van der Waals surface area contributed by atoms with Gasteiger partial charge >= 0.3 is 14.5 Å². The van der Waals surface area contributed by atoms with Crippen molar-refractivity contribution in [1.82, 2.24) is 39.0 Å². The number of nitrogens with two attached hydrogens (primary N) is 1. The van der Waals surface area contributed by atoms with Crippen LogP contribution in [-0.2, 0) is 39.2 Å². The number of aryl methyl sites for hydroxylation is 1. The molecule has 3 saturated carbocycles. The van der Waals surface area contributed by atoms with Gasteiger partial charge in [-0.3, -0.25) is 18.4 Å². The fourth-order valence-corrected chi connectivity index (χ4v) is 10.2. The molecule has 5 aliphatic rings. The van der Waals surface area contributed by atoms with Crippen molar-refractivity contribution < 1.29 is 42.3 Å². The summed E-state index contributed by atoms with van der Waals surface area (Å²) in [7, 11) is -4.79. The second-order valence-electron chi connectivity index (χ2n) is 12.5. The van der Waals surface area contributed by atoms with Crippen LogP contribution < -0.4 is 11.3 Å². The number of nitrogen functional groups attached to an aromatic ring is 1. The molecule has 22 heteroatoms. The molecule has 2 unspecified atom stereocenters. The molecular formula is C24H27N9O10P2S. The maximum absolute atomic E-state index is 13.6. The number of anilines is 1. The first kappa shape index (κ1) is 29.4. The predicted octanol–water partition coefficient (Wildman–Crippen LogP) is 0.194. The molecule has 19 nitrogen and oxygen atoms in total. The zero-order chi connectivity index (χ0) is 32.0. The third-order valence-electron chi connectivity index (χ3n) is 9.93. The molecule has 6 N–H and O–H groups in total. The summed E-state index contributed by atoms with van der Waals surface area (Å²) < 4.78 is 46.4. The highest BCUT2D eigenvalue weighted by atomic mass is 32.5. The van der Waals surface area contributed by atoms with E-state index in [0.29, 0.717) is 29.8 Å². The quantitative estimate of drug-likeness (QED) is 0.175. The van der Waals surface area contributed by atoms with Crippen molar-refractivity contribution in [2.45, 2.75) is 55.9 Å². The van der Waals surface area contributed by atoms with E-state index in [1.54, 1.807) is 11.5 Å². The number of nitrogens with zero attached hydrogens (tertiary/aromatic N) is 7. The molecular weight excluding hydrogens is 668 g/mol. The number of phosphoric ester groups is 1. The molecule has 11 atom stereocenters. The first-order chi connectivity index (χ1) is 21.8. The summed E-state index contributed by atoms with van der Waals surface area (Å²) in [4.78, 5) is 58.5. The lowest BCUT2D eigenvalue weighted by Gasteiger charge is -2.32. The second-order valence-corrected chi connectivity index (χ2v) is 16.7. The molecule has 0 radical (unpaired) electrons. The van der Waals surface area contributed by atoms with Gasteiger partial charge in [0.1, 0.15) is 41.6 Å². The molecule has 1 spiro atoms. The van der Waals surface area contributed by atoms with Gasteiger partial charge in [0.2, 0.25) is 0 Å². The summed E-state index contributed by atoms with van der Waals surface area (Å²) in [5.74, 6) is -0.330. The SMILES string of the molecule is Cc1nc2c(ncn2[C@@H]2O[C@]34COP(O)(=S)O[C@H]5[C@@H](O)[C@H](n6cnc7c(N)ncnc76)[C@H]6C[C@@]65COP(=O)(O)O[C@@H]2[C@@H]3C4)c(=O)[nH]1. The van der Waals surface area contributed by atoms with Crippen LogP contribution in [0.5, 0.6) is 0 Å². The molecule has 46 heavy (non-hydrogen) atoms. The summed E-state index contributed by atoms with van der Waals surface area (Å²) >= 11 is 5.42. The van der Waals surface area contributed by atoms with E-state index in [0.717, 1.165) is 0 Å². The van der Waals surface area contributed by atoms with Crippen LogP contribution in [-0.4, -0.2) is 91.1 Å². The Bertz CT molecular complexity index is 2110. The molecule has 2 saturated heterocycles. The summed E-state index contributed by atoms with van der Waals surface area (Å²) in [5, 5.41) is 11.6. The number of aromatic amines is 1. The maximum Gasteiger partial charge on any atom is 0.472 e. The maximum atomic E-state index is 13.6. The molecule has 2 bridgehead atoms. The molecule has 0 aromatic carbocycles. The predicted molar refractivity (Wildman–Crippen MR) is 157 cm³/mol. The van der Waals surface area contributed by atoms with Crippen molar-refractivity contribution in [3.05, 3.63) is 35.2 Å². The highest BCUT2D eigenvalue weighted by Gasteiger charge is 2.75. The van der Waals surface area contributed by atoms with E-state index in [-0.39, 0.29) is 36.1 Å². The standard InChI is InChI=1S/C24H27N9O10P2S/c1-9-30-20-13(21(35)31-9)29-8-33(20)22-16-11-3-24(11,41-22)5-40-45(38,46)43-17-15(34)14(10-2-23(10,17)4-39-44(36,37)42-16)32-7-28-12-18(25)26-6-27-19(12)32/h6-8,10-11,14-17,22,34H,2-5H2,1H3,(H,36,37)(H,38,46)(H2,25,26,27)(H,30,31,35)/t10-,11+,14-,15+,16-,17+,22-,23-,24-,45?/m1/s1. The molecule has 3 aliphatic carbocycles. The highest BCUT2D eigenvalue weighted by Crippen LogP contribution is 2.73. The van der Waals surface area contributed by atoms with Crippen LogP contribution in [0.3, 0.4) is 0 Å². The van der Waals surface area contributed by atoms with Crippen molar-refractivity contribution in [3.8, 4) is 0 Å². The van der Waals surface area contributed by atoms with Crippen LogP contribution >= 0.6 is 14.5 Å². The fourth-order valence-electron chi connectivity index (χ4n) is 7.64. The fraction of sp³-hybridized carbons (Fsp3) is 0.583. The second kappa shape index (κ2) is 9.45. The van der Waals surface area contributed by atoms with E-state index in [4.69, 9.17) is 40.4 Å². The molecule has 2 aliphatic heterocycles. The van der Waals surface area contributed by atoms with Gasteiger partial charge in [-0.2, -0.15) is 0 Å². The summed E-state index contributed by atoms with van der Waals surface area (Å²) in [6.07, 6.45) is 0.328. The van der Waals surface area contributed by atoms with Crippen molar-refractivity contribution in [3.63, 3.8) is 0 Å². The summed E-state index contributed by atoms with van der Waals surface area (Å²) in [5.41, 5.74) is 4.37. The average Bonchev–Trinajstić information content (AvgIpc) is 3.65. The summed E-state index contributed by atoms with van der Waals surface area (Å²) in [6, 6.07) is -0.682. The molecule has 9 rings (SSSR count). The average molecular weight is 696 g/mol. The number of nitrogens with one attached hydrogen (secondary N) is 1. The number of H-pyrrole nitrogens is 1. The van der Waals surface area contributed by atoms with Gasteiger partial charge in [0.15, 0.2) is 28.9 Å². The smallest absolute Gasteiger partial charge is 0.388 e. The van der Waals surface area contributed by atoms with Gasteiger partial charge in [-0.05, 0) is 37.5 Å². The third kappa shape index (κ3) is 4.20.